The molecule has 19 heavy (non-hydrogen) atoms. The summed E-state index contributed by atoms with van der Waals surface area (Å²) in [5, 5.41) is 8.82. The normalized spacial score (nSPS) is 25.3. The molecular formula is C12H16O7. The van der Waals surface area contributed by atoms with Gasteiger partial charge in [-0.3, -0.25) is 14.4 Å². The third-order valence-electron chi connectivity index (χ3n) is 2.53. The van der Waals surface area contributed by atoms with Crippen LogP contribution >= 0.6 is 0 Å². The molecule has 0 bridgehead atoms. The average Bonchev–Trinajstić information content (AvgIpc) is 2.28. The topological polar surface area (TPSA) is 99.1 Å². The van der Waals surface area contributed by atoms with Crippen LogP contribution in [0, 0.1) is 5.92 Å². The molecule has 0 radical (unpaired) electrons. The molecule has 0 aromatic carbocycles. The van der Waals surface area contributed by atoms with Crippen LogP contribution in [0.2, 0.25) is 0 Å². The fourth-order valence-electron chi connectivity index (χ4n) is 1.78. The quantitative estimate of drug-likeness (QED) is 0.727. The first kappa shape index (κ1) is 15.0. The van der Waals surface area contributed by atoms with Crippen molar-refractivity contribution < 1.29 is 33.7 Å². The van der Waals surface area contributed by atoms with Crippen LogP contribution in [0.3, 0.4) is 0 Å². The van der Waals surface area contributed by atoms with Crippen molar-refractivity contribution in [2.24, 2.45) is 5.92 Å². The average molecular weight is 272 g/mol. The van der Waals surface area contributed by atoms with E-state index < -0.39 is 36.0 Å². The zero-order chi connectivity index (χ0) is 14.4. The summed E-state index contributed by atoms with van der Waals surface area (Å²) < 4.78 is 15.1. The van der Waals surface area contributed by atoms with Crippen LogP contribution in [0.4, 0.5) is 0 Å². The first-order valence-electron chi connectivity index (χ1n) is 5.74. The SMILES string of the molecule is CC(=O)OC[C@H]1OC=C[C@H](CC(=O)O)[C@@H]1OC(C)=O. The predicted octanol–water partition coefficient (Wildman–Crippen LogP) is 0.485. The van der Waals surface area contributed by atoms with Gasteiger partial charge in [0.25, 0.3) is 0 Å². The molecule has 0 aromatic heterocycles. The Kier molecular flexibility index (Phi) is 5.35. The Hall–Kier alpha value is -2.05. The highest BCUT2D eigenvalue weighted by Gasteiger charge is 2.36. The van der Waals surface area contributed by atoms with E-state index in [1.54, 1.807) is 0 Å². The van der Waals surface area contributed by atoms with Gasteiger partial charge in [-0.2, -0.15) is 0 Å². The summed E-state index contributed by atoms with van der Waals surface area (Å²) in [7, 11) is 0. The summed E-state index contributed by atoms with van der Waals surface area (Å²) in [6.07, 6.45) is 1.15. The van der Waals surface area contributed by atoms with Crippen molar-refractivity contribution in [3.63, 3.8) is 0 Å². The van der Waals surface area contributed by atoms with Crippen LogP contribution in [-0.2, 0) is 28.6 Å². The molecule has 1 rings (SSSR count). The molecule has 106 valence electrons. The summed E-state index contributed by atoms with van der Waals surface area (Å²) in [6.45, 7) is 2.36. The molecule has 0 amide bonds. The van der Waals surface area contributed by atoms with E-state index in [1.165, 1.54) is 26.2 Å². The van der Waals surface area contributed by atoms with Gasteiger partial charge >= 0.3 is 17.9 Å². The number of hydrogen-bond donors (Lipinski definition) is 1. The number of ether oxygens (including phenoxy) is 3. The maximum absolute atomic E-state index is 11.1. The van der Waals surface area contributed by atoms with Gasteiger partial charge in [-0.25, -0.2) is 0 Å². The van der Waals surface area contributed by atoms with E-state index in [0.717, 1.165) is 0 Å². The van der Waals surface area contributed by atoms with E-state index in [9.17, 15) is 14.4 Å². The van der Waals surface area contributed by atoms with E-state index in [0.29, 0.717) is 0 Å². The number of aliphatic carboxylic acids is 1. The van der Waals surface area contributed by atoms with E-state index in [4.69, 9.17) is 19.3 Å². The molecule has 0 spiro atoms. The fourth-order valence-corrected chi connectivity index (χ4v) is 1.78. The van der Waals surface area contributed by atoms with Crippen molar-refractivity contribution >= 4 is 17.9 Å². The van der Waals surface area contributed by atoms with Gasteiger partial charge in [-0.05, 0) is 6.08 Å². The second-order valence-corrected chi connectivity index (χ2v) is 4.14. The highest BCUT2D eigenvalue weighted by atomic mass is 16.6. The van der Waals surface area contributed by atoms with E-state index in [-0.39, 0.29) is 13.0 Å². The van der Waals surface area contributed by atoms with Gasteiger partial charge < -0.3 is 19.3 Å². The fraction of sp³-hybridized carbons (Fsp3) is 0.583. The molecule has 0 fully saturated rings. The van der Waals surface area contributed by atoms with Crippen LogP contribution in [0.25, 0.3) is 0 Å². The number of hydrogen-bond acceptors (Lipinski definition) is 6. The monoisotopic (exact) mass is 272 g/mol. The molecule has 0 unspecified atom stereocenters. The van der Waals surface area contributed by atoms with Crippen molar-refractivity contribution in [2.75, 3.05) is 6.61 Å². The van der Waals surface area contributed by atoms with Crippen LogP contribution in [0.15, 0.2) is 12.3 Å². The van der Waals surface area contributed by atoms with Crippen LogP contribution in [0.1, 0.15) is 20.3 Å². The molecular weight excluding hydrogens is 256 g/mol. The number of carbonyl (C=O) groups excluding carboxylic acids is 2. The minimum absolute atomic E-state index is 0.103. The Morgan fingerprint density at radius 2 is 1.95 bits per heavy atom. The van der Waals surface area contributed by atoms with Crippen LogP contribution in [0.5, 0.6) is 0 Å². The molecule has 1 heterocycles. The van der Waals surface area contributed by atoms with E-state index in [1.807, 2.05) is 0 Å². The molecule has 7 nitrogen and oxygen atoms in total. The Bertz CT molecular complexity index is 388. The van der Waals surface area contributed by atoms with Gasteiger partial charge in [-0.1, -0.05) is 0 Å². The molecule has 0 aliphatic carbocycles. The van der Waals surface area contributed by atoms with Gasteiger partial charge in [0.1, 0.15) is 12.7 Å². The summed E-state index contributed by atoms with van der Waals surface area (Å²) in [5.74, 6) is -2.57. The molecule has 0 aromatic rings. The number of rotatable bonds is 5. The lowest BCUT2D eigenvalue weighted by atomic mass is 9.93. The minimum atomic E-state index is -1.01. The molecule has 1 aliphatic heterocycles. The highest BCUT2D eigenvalue weighted by molar-refractivity contribution is 5.68. The zero-order valence-corrected chi connectivity index (χ0v) is 10.7. The summed E-state index contributed by atoms with van der Waals surface area (Å²) in [6, 6.07) is 0. The maximum atomic E-state index is 11.1. The summed E-state index contributed by atoms with van der Waals surface area (Å²) in [4.78, 5) is 32.6. The molecule has 0 saturated heterocycles. The van der Waals surface area contributed by atoms with E-state index >= 15 is 0 Å². The summed E-state index contributed by atoms with van der Waals surface area (Å²) in [5.41, 5.74) is 0. The number of carboxylic acid groups (broad SMARTS) is 1. The Balaban J connectivity index is 2.77. The first-order valence-corrected chi connectivity index (χ1v) is 5.74. The standard InChI is InChI=1S/C12H16O7/c1-7(13)18-6-10-12(19-8(2)14)9(3-4-17-10)5-11(15)16/h3-4,9-10,12H,5-6H2,1-2H3,(H,15,16)/t9-,10-,12+/m1/s1. The number of carbonyl (C=O) groups is 3. The van der Waals surface area contributed by atoms with Gasteiger partial charge in [0.05, 0.1) is 12.7 Å². The third-order valence-corrected chi connectivity index (χ3v) is 2.53. The van der Waals surface area contributed by atoms with Gasteiger partial charge in [0, 0.05) is 19.8 Å². The smallest absolute Gasteiger partial charge is 0.304 e. The van der Waals surface area contributed by atoms with Gasteiger partial charge in [-0.15, -0.1) is 0 Å². The van der Waals surface area contributed by atoms with Crippen molar-refractivity contribution in [3.8, 4) is 0 Å². The minimum Gasteiger partial charge on any atom is -0.491 e. The number of esters is 2. The lowest BCUT2D eigenvalue weighted by molar-refractivity contribution is -0.166. The Labute approximate surface area is 110 Å². The molecule has 7 heteroatoms. The predicted molar refractivity (Wildman–Crippen MR) is 61.9 cm³/mol. The second-order valence-electron chi connectivity index (χ2n) is 4.14. The maximum Gasteiger partial charge on any atom is 0.304 e. The highest BCUT2D eigenvalue weighted by Crippen LogP contribution is 2.25. The van der Waals surface area contributed by atoms with Crippen molar-refractivity contribution in [2.45, 2.75) is 32.5 Å². The Morgan fingerprint density at radius 1 is 1.26 bits per heavy atom. The lowest BCUT2D eigenvalue weighted by Gasteiger charge is -2.33. The van der Waals surface area contributed by atoms with Gasteiger partial charge in [0.15, 0.2) is 6.10 Å². The number of carboxylic acids is 1. The van der Waals surface area contributed by atoms with Crippen LogP contribution in [-0.4, -0.2) is 41.8 Å². The molecule has 1 N–H and O–H groups in total. The third kappa shape index (κ3) is 4.99. The second kappa shape index (κ2) is 6.77. The Morgan fingerprint density at radius 3 is 2.47 bits per heavy atom. The molecule has 1 aliphatic rings. The first-order chi connectivity index (χ1) is 8.90. The van der Waals surface area contributed by atoms with Gasteiger partial charge in [0.2, 0.25) is 0 Å². The zero-order valence-electron chi connectivity index (χ0n) is 10.7. The van der Waals surface area contributed by atoms with E-state index in [2.05, 4.69) is 0 Å². The molecule has 0 saturated carbocycles. The van der Waals surface area contributed by atoms with Crippen LogP contribution < -0.4 is 0 Å². The lowest BCUT2D eigenvalue weighted by Crippen LogP contribution is -2.43. The van der Waals surface area contributed by atoms with Crippen molar-refractivity contribution in [1.82, 2.24) is 0 Å². The largest absolute Gasteiger partial charge is 0.491 e. The van der Waals surface area contributed by atoms with Crippen molar-refractivity contribution in [3.05, 3.63) is 12.3 Å². The summed E-state index contributed by atoms with van der Waals surface area (Å²) >= 11 is 0. The molecule has 3 atom stereocenters. The van der Waals surface area contributed by atoms with Crippen molar-refractivity contribution in [1.29, 1.82) is 0 Å².